The van der Waals surface area contributed by atoms with Crippen molar-refractivity contribution in [3.63, 3.8) is 0 Å². The number of nitriles is 1. The maximum Gasteiger partial charge on any atom is 0.422 e. The summed E-state index contributed by atoms with van der Waals surface area (Å²) in [6.45, 7) is -1.43. The number of hydrogen-bond donors (Lipinski definition) is 1. The molecule has 0 atom stereocenters. The number of amides is 1. The van der Waals surface area contributed by atoms with E-state index in [1.165, 1.54) is 28.8 Å². The molecule has 0 bridgehead atoms. The standard InChI is InChI=1S/C16H11F3N4O3S/c17-16(18,19)8-26-10-3-1-9(2-4-10)23-14(25)11-7-12(24)21-13(11)22-15(23)27-6-5-20/h1-4H,6-8H2,(H,21,24). The van der Waals surface area contributed by atoms with Gasteiger partial charge in [0.25, 0.3) is 5.56 Å². The van der Waals surface area contributed by atoms with Gasteiger partial charge in [0, 0.05) is 0 Å². The van der Waals surface area contributed by atoms with Gasteiger partial charge in [-0.2, -0.15) is 18.4 Å². The predicted molar refractivity (Wildman–Crippen MR) is 90.1 cm³/mol. The van der Waals surface area contributed by atoms with Crippen LogP contribution in [0.1, 0.15) is 5.56 Å². The number of benzene rings is 1. The Morgan fingerprint density at radius 1 is 1.30 bits per heavy atom. The molecular formula is C16H11F3N4O3S. The van der Waals surface area contributed by atoms with Gasteiger partial charge in [0.05, 0.1) is 29.5 Å². The van der Waals surface area contributed by atoms with Crippen molar-refractivity contribution in [2.45, 2.75) is 17.8 Å². The average Bonchev–Trinajstić information content (AvgIpc) is 2.99. The lowest BCUT2D eigenvalue weighted by Gasteiger charge is -2.14. The molecule has 1 aliphatic rings. The van der Waals surface area contributed by atoms with Crippen molar-refractivity contribution in [3.05, 3.63) is 40.2 Å². The van der Waals surface area contributed by atoms with Crippen LogP contribution in [0.25, 0.3) is 5.69 Å². The van der Waals surface area contributed by atoms with Crippen LogP contribution in [0.4, 0.5) is 19.0 Å². The van der Waals surface area contributed by atoms with Gasteiger partial charge in [-0.1, -0.05) is 11.8 Å². The van der Waals surface area contributed by atoms with Crippen LogP contribution in [0, 0.1) is 11.3 Å². The molecule has 2 heterocycles. The Hall–Kier alpha value is -3.00. The number of nitrogens with zero attached hydrogens (tertiary/aromatic N) is 3. The van der Waals surface area contributed by atoms with Crippen LogP contribution in [0.15, 0.2) is 34.2 Å². The molecule has 2 aromatic rings. The Balaban J connectivity index is 1.98. The first-order chi connectivity index (χ1) is 12.8. The highest BCUT2D eigenvalue weighted by Crippen LogP contribution is 2.26. The predicted octanol–water partition coefficient (Wildman–Crippen LogP) is 2.28. The third-order valence-electron chi connectivity index (χ3n) is 3.50. The molecule has 0 saturated carbocycles. The van der Waals surface area contributed by atoms with Crippen molar-refractivity contribution in [1.82, 2.24) is 9.55 Å². The summed E-state index contributed by atoms with van der Waals surface area (Å²) in [5.74, 6) is -0.195. The van der Waals surface area contributed by atoms with Gasteiger partial charge in [-0.05, 0) is 24.3 Å². The van der Waals surface area contributed by atoms with Crippen LogP contribution < -0.4 is 15.6 Å². The molecule has 3 rings (SSSR count). The monoisotopic (exact) mass is 396 g/mol. The Labute approximate surface area is 154 Å². The molecule has 1 aliphatic heterocycles. The van der Waals surface area contributed by atoms with Crippen LogP contribution in [0.2, 0.25) is 0 Å². The Morgan fingerprint density at radius 3 is 2.63 bits per heavy atom. The second-order valence-corrected chi connectivity index (χ2v) is 6.37. The number of halogens is 3. The summed E-state index contributed by atoms with van der Waals surface area (Å²) in [6, 6.07) is 7.32. The van der Waals surface area contributed by atoms with Crippen LogP contribution in [-0.4, -0.2) is 34.0 Å². The number of ether oxygens (including phenoxy) is 1. The van der Waals surface area contributed by atoms with Crippen LogP contribution in [-0.2, 0) is 11.2 Å². The van der Waals surface area contributed by atoms with Gasteiger partial charge in [-0.25, -0.2) is 4.98 Å². The van der Waals surface area contributed by atoms with E-state index in [-0.39, 0.29) is 40.4 Å². The highest BCUT2D eigenvalue weighted by Gasteiger charge is 2.29. The zero-order chi connectivity index (χ0) is 19.6. The highest BCUT2D eigenvalue weighted by atomic mass is 32.2. The van der Waals surface area contributed by atoms with E-state index in [0.717, 1.165) is 11.8 Å². The van der Waals surface area contributed by atoms with Gasteiger partial charge in [0.1, 0.15) is 11.6 Å². The molecule has 1 amide bonds. The van der Waals surface area contributed by atoms with Gasteiger partial charge >= 0.3 is 6.18 Å². The smallest absolute Gasteiger partial charge is 0.422 e. The third kappa shape index (κ3) is 4.22. The molecule has 0 saturated heterocycles. The molecule has 27 heavy (non-hydrogen) atoms. The molecule has 1 aromatic heterocycles. The minimum absolute atomic E-state index is 0.0127. The summed E-state index contributed by atoms with van der Waals surface area (Å²) in [4.78, 5) is 28.6. The fourth-order valence-corrected chi connectivity index (χ4v) is 3.08. The molecule has 1 N–H and O–H groups in total. The topological polar surface area (TPSA) is 97.0 Å². The summed E-state index contributed by atoms with van der Waals surface area (Å²) in [5.41, 5.74) is 0.0379. The van der Waals surface area contributed by atoms with Crippen molar-refractivity contribution in [1.29, 1.82) is 5.26 Å². The lowest BCUT2D eigenvalue weighted by atomic mass is 10.2. The molecule has 140 valence electrons. The van der Waals surface area contributed by atoms with E-state index in [1.54, 1.807) is 0 Å². The zero-order valence-corrected chi connectivity index (χ0v) is 14.4. The largest absolute Gasteiger partial charge is 0.484 e. The van der Waals surface area contributed by atoms with Gasteiger partial charge in [-0.3, -0.25) is 14.2 Å². The number of alkyl halides is 3. The molecule has 1 aromatic carbocycles. The van der Waals surface area contributed by atoms with Crippen molar-refractivity contribution < 1.29 is 22.7 Å². The Morgan fingerprint density at radius 2 is 2.00 bits per heavy atom. The molecule has 0 unspecified atom stereocenters. The first kappa shape index (κ1) is 18.8. The van der Waals surface area contributed by atoms with E-state index < -0.39 is 18.3 Å². The number of rotatable bonds is 5. The van der Waals surface area contributed by atoms with E-state index in [4.69, 9.17) is 5.26 Å². The van der Waals surface area contributed by atoms with Crippen molar-refractivity contribution in [2.24, 2.45) is 0 Å². The van der Waals surface area contributed by atoms with Crippen LogP contribution >= 0.6 is 11.8 Å². The van der Waals surface area contributed by atoms with E-state index >= 15 is 0 Å². The first-order valence-corrected chi connectivity index (χ1v) is 8.52. The summed E-state index contributed by atoms with van der Waals surface area (Å²) in [7, 11) is 0. The lowest BCUT2D eigenvalue weighted by molar-refractivity contribution is -0.153. The Kier molecular flexibility index (Phi) is 5.09. The minimum atomic E-state index is -4.46. The van der Waals surface area contributed by atoms with Gasteiger partial charge in [-0.15, -0.1) is 0 Å². The van der Waals surface area contributed by atoms with E-state index in [9.17, 15) is 22.8 Å². The SMILES string of the molecule is N#CCSc1nc2c(c(=O)n1-c1ccc(OCC(F)(F)F)cc1)CC(=O)N2. The van der Waals surface area contributed by atoms with Gasteiger partial charge in [0.15, 0.2) is 11.8 Å². The van der Waals surface area contributed by atoms with Crippen molar-refractivity contribution in [3.8, 4) is 17.5 Å². The molecule has 7 nitrogen and oxygen atoms in total. The summed E-state index contributed by atoms with van der Waals surface area (Å²) in [5, 5.41) is 11.5. The molecule has 0 aliphatic carbocycles. The molecule has 0 spiro atoms. The summed E-state index contributed by atoms with van der Waals surface area (Å²) < 4.78 is 42.5. The molecular weight excluding hydrogens is 385 g/mol. The molecule has 0 radical (unpaired) electrons. The third-order valence-corrected chi connectivity index (χ3v) is 4.31. The fourth-order valence-electron chi connectivity index (χ4n) is 2.41. The van der Waals surface area contributed by atoms with E-state index in [1.807, 2.05) is 6.07 Å². The number of aromatic nitrogens is 2. The number of fused-ring (bicyclic) bond motifs is 1. The summed E-state index contributed by atoms with van der Waals surface area (Å²) in [6.07, 6.45) is -4.57. The second-order valence-electron chi connectivity index (χ2n) is 5.43. The van der Waals surface area contributed by atoms with Crippen molar-refractivity contribution >= 4 is 23.5 Å². The Bertz CT molecular complexity index is 981. The van der Waals surface area contributed by atoms with E-state index in [0.29, 0.717) is 5.69 Å². The maximum atomic E-state index is 12.8. The zero-order valence-electron chi connectivity index (χ0n) is 13.5. The number of nitrogens with one attached hydrogen (secondary N) is 1. The fraction of sp³-hybridized carbons (Fsp3) is 0.250. The number of carbonyl (C=O) groups excluding carboxylic acids is 1. The average molecular weight is 396 g/mol. The molecule has 0 fully saturated rings. The maximum absolute atomic E-state index is 12.8. The minimum Gasteiger partial charge on any atom is -0.484 e. The number of carbonyl (C=O) groups is 1. The summed E-state index contributed by atoms with van der Waals surface area (Å²) >= 11 is 1.00. The number of anilines is 1. The normalized spacial score (nSPS) is 13.0. The van der Waals surface area contributed by atoms with Crippen LogP contribution in [0.5, 0.6) is 5.75 Å². The lowest BCUT2D eigenvalue weighted by Crippen LogP contribution is -2.24. The van der Waals surface area contributed by atoms with Crippen molar-refractivity contribution in [2.75, 3.05) is 17.7 Å². The first-order valence-electron chi connectivity index (χ1n) is 7.54. The van der Waals surface area contributed by atoms with Gasteiger partial charge in [0.2, 0.25) is 5.91 Å². The van der Waals surface area contributed by atoms with Gasteiger partial charge < -0.3 is 10.1 Å². The highest BCUT2D eigenvalue weighted by molar-refractivity contribution is 7.99. The number of hydrogen-bond acceptors (Lipinski definition) is 6. The second kappa shape index (κ2) is 7.32. The number of thioether (sulfide) groups is 1. The molecule has 11 heteroatoms. The van der Waals surface area contributed by atoms with E-state index in [2.05, 4.69) is 15.0 Å². The quantitative estimate of drug-likeness (QED) is 0.615. The van der Waals surface area contributed by atoms with Crippen LogP contribution in [0.3, 0.4) is 0 Å².